The maximum absolute atomic E-state index is 5.82. The molecule has 4 aromatic heterocycles. The summed E-state index contributed by atoms with van der Waals surface area (Å²) >= 11 is 1.49. The van der Waals surface area contributed by atoms with Gasteiger partial charge in [0, 0.05) is 18.0 Å². The number of methoxy groups -OCH3 is 1. The normalized spacial score (nSPS) is 11.0. The molecule has 0 unspecified atom stereocenters. The molecule has 4 rings (SSSR count). The van der Waals surface area contributed by atoms with E-state index in [0.717, 1.165) is 32.4 Å². The number of hydrogen-bond acceptors (Lipinski definition) is 8. The van der Waals surface area contributed by atoms with Gasteiger partial charge in [0.25, 0.3) is 5.88 Å². The van der Waals surface area contributed by atoms with Crippen molar-refractivity contribution >= 4 is 32.5 Å². The minimum atomic E-state index is 0.0176. The Morgan fingerprint density at radius 2 is 2.00 bits per heavy atom. The van der Waals surface area contributed by atoms with Gasteiger partial charge in [-0.3, -0.25) is 4.98 Å². The number of nitrogens with one attached hydrogen (secondary N) is 1. The molecule has 142 valence electrons. The molecule has 8 heteroatoms. The lowest BCUT2D eigenvalue weighted by atomic mass is 10.2. The van der Waals surface area contributed by atoms with Crippen LogP contribution in [0.2, 0.25) is 0 Å². The van der Waals surface area contributed by atoms with E-state index in [1.807, 2.05) is 44.2 Å². The van der Waals surface area contributed by atoms with E-state index in [0.29, 0.717) is 11.6 Å². The zero-order chi connectivity index (χ0) is 19.5. The SMILES string of the molecule is COc1ncc(-c2ccc3nc(Nc4cccnc4)sc3n2)cc1OC(C)C. The van der Waals surface area contributed by atoms with Crippen LogP contribution in [0.25, 0.3) is 21.6 Å². The van der Waals surface area contributed by atoms with Gasteiger partial charge in [0.2, 0.25) is 0 Å². The molecule has 0 amide bonds. The molecule has 0 radical (unpaired) electrons. The van der Waals surface area contributed by atoms with E-state index in [1.165, 1.54) is 11.3 Å². The smallest absolute Gasteiger partial charge is 0.256 e. The standard InChI is InChI=1S/C20H19N5O2S/c1-12(2)27-17-9-13(10-22-18(17)26-3)15-6-7-16-19(24-15)28-20(25-16)23-14-5-4-8-21-11-14/h4-12H,1-3H3,(H,23,25). The Hall–Kier alpha value is -3.26. The molecule has 0 spiro atoms. The van der Waals surface area contributed by atoms with Gasteiger partial charge >= 0.3 is 0 Å². The fraction of sp³-hybridized carbons (Fsp3) is 0.200. The Balaban J connectivity index is 1.66. The van der Waals surface area contributed by atoms with Crippen LogP contribution in [0.4, 0.5) is 10.8 Å². The number of hydrogen-bond donors (Lipinski definition) is 1. The largest absolute Gasteiger partial charge is 0.485 e. The molecule has 4 heterocycles. The maximum Gasteiger partial charge on any atom is 0.256 e. The summed E-state index contributed by atoms with van der Waals surface area (Å²) in [7, 11) is 1.58. The second kappa shape index (κ2) is 7.77. The van der Waals surface area contributed by atoms with Crippen LogP contribution in [-0.4, -0.2) is 33.1 Å². The fourth-order valence-electron chi connectivity index (χ4n) is 2.66. The van der Waals surface area contributed by atoms with Gasteiger partial charge < -0.3 is 14.8 Å². The van der Waals surface area contributed by atoms with Crippen LogP contribution >= 0.6 is 11.3 Å². The summed E-state index contributed by atoms with van der Waals surface area (Å²) in [6.07, 6.45) is 5.24. The second-order valence-corrected chi connectivity index (χ2v) is 7.28. The van der Waals surface area contributed by atoms with Crippen LogP contribution in [-0.2, 0) is 0 Å². The van der Waals surface area contributed by atoms with Gasteiger partial charge in [0.05, 0.1) is 30.8 Å². The molecule has 0 fully saturated rings. The first-order chi connectivity index (χ1) is 13.6. The van der Waals surface area contributed by atoms with E-state index in [4.69, 9.17) is 14.5 Å². The average molecular weight is 393 g/mol. The highest BCUT2D eigenvalue weighted by atomic mass is 32.1. The Morgan fingerprint density at radius 3 is 2.75 bits per heavy atom. The first kappa shape index (κ1) is 18.1. The van der Waals surface area contributed by atoms with Gasteiger partial charge in [-0.1, -0.05) is 11.3 Å². The van der Waals surface area contributed by atoms with Gasteiger partial charge in [0.1, 0.15) is 10.3 Å². The van der Waals surface area contributed by atoms with E-state index < -0.39 is 0 Å². The molecule has 0 aliphatic carbocycles. The first-order valence-electron chi connectivity index (χ1n) is 8.78. The number of ether oxygens (including phenoxy) is 2. The van der Waals surface area contributed by atoms with Gasteiger partial charge in [0.15, 0.2) is 10.9 Å². The van der Waals surface area contributed by atoms with Crippen molar-refractivity contribution in [2.45, 2.75) is 20.0 Å². The highest BCUT2D eigenvalue weighted by Gasteiger charge is 2.13. The number of anilines is 2. The molecule has 28 heavy (non-hydrogen) atoms. The molecule has 7 nitrogen and oxygen atoms in total. The van der Waals surface area contributed by atoms with Gasteiger partial charge in [-0.05, 0) is 44.2 Å². The van der Waals surface area contributed by atoms with Crippen LogP contribution in [0.15, 0.2) is 48.9 Å². The van der Waals surface area contributed by atoms with Crippen molar-refractivity contribution in [3.63, 3.8) is 0 Å². The molecule has 0 aliphatic rings. The molecule has 0 saturated heterocycles. The highest BCUT2D eigenvalue weighted by molar-refractivity contribution is 7.21. The van der Waals surface area contributed by atoms with Crippen LogP contribution in [0, 0.1) is 0 Å². The summed E-state index contributed by atoms with van der Waals surface area (Å²) in [6.45, 7) is 3.93. The summed E-state index contributed by atoms with van der Waals surface area (Å²) in [5.41, 5.74) is 3.37. The molecule has 0 saturated carbocycles. The number of aromatic nitrogens is 4. The van der Waals surface area contributed by atoms with Crippen molar-refractivity contribution in [2.75, 3.05) is 12.4 Å². The number of fused-ring (bicyclic) bond motifs is 1. The lowest BCUT2D eigenvalue weighted by Crippen LogP contribution is -2.07. The molecule has 0 atom stereocenters. The van der Waals surface area contributed by atoms with Crippen molar-refractivity contribution < 1.29 is 9.47 Å². The van der Waals surface area contributed by atoms with E-state index in [9.17, 15) is 0 Å². The average Bonchev–Trinajstić information content (AvgIpc) is 3.09. The van der Waals surface area contributed by atoms with Crippen molar-refractivity contribution in [1.82, 2.24) is 19.9 Å². The number of thiazole rings is 1. The minimum absolute atomic E-state index is 0.0176. The van der Waals surface area contributed by atoms with E-state index in [1.54, 1.807) is 25.7 Å². The van der Waals surface area contributed by atoms with Crippen molar-refractivity contribution in [3.8, 4) is 22.9 Å². The van der Waals surface area contributed by atoms with Crippen LogP contribution in [0.3, 0.4) is 0 Å². The minimum Gasteiger partial charge on any atom is -0.485 e. The summed E-state index contributed by atoms with van der Waals surface area (Å²) in [5.74, 6) is 1.06. The zero-order valence-electron chi connectivity index (χ0n) is 15.7. The Labute approximate surface area is 166 Å². The Kier molecular flexibility index (Phi) is 5.03. The van der Waals surface area contributed by atoms with Crippen LogP contribution in [0.1, 0.15) is 13.8 Å². The van der Waals surface area contributed by atoms with Gasteiger partial charge in [-0.15, -0.1) is 0 Å². The van der Waals surface area contributed by atoms with Crippen LogP contribution in [0.5, 0.6) is 11.6 Å². The van der Waals surface area contributed by atoms with E-state index in [-0.39, 0.29) is 6.10 Å². The van der Waals surface area contributed by atoms with Crippen molar-refractivity contribution in [2.24, 2.45) is 0 Å². The van der Waals surface area contributed by atoms with Crippen molar-refractivity contribution in [1.29, 1.82) is 0 Å². The predicted molar refractivity (Wildman–Crippen MR) is 110 cm³/mol. The molecule has 4 aromatic rings. The van der Waals surface area contributed by atoms with E-state index >= 15 is 0 Å². The summed E-state index contributed by atoms with van der Waals surface area (Å²) in [4.78, 5) is 18.6. The second-order valence-electron chi connectivity index (χ2n) is 6.30. The molecular weight excluding hydrogens is 374 g/mol. The third kappa shape index (κ3) is 3.86. The molecule has 1 N–H and O–H groups in total. The number of rotatable bonds is 6. The maximum atomic E-state index is 5.82. The topological polar surface area (TPSA) is 82.1 Å². The summed E-state index contributed by atoms with van der Waals surface area (Å²) < 4.78 is 11.1. The molecule has 0 aliphatic heterocycles. The lowest BCUT2D eigenvalue weighted by molar-refractivity contribution is 0.227. The molecule has 0 aromatic carbocycles. The Morgan fingerprint density at radius 1 is 1.11 bits per heavy atom. The molecule has 0 bridgehead atoms. The first-order valence-corrected chi connectivity index (χ1v) is 9.60. The predicted octanol–water partition coefficient (Wildman–Crippen LogP) is 4.69. The quantitative estimate of drug-likeness (QED) is 0.509. The highest BCUT2D eigenvalue weighted by Crippen LogP contribution is 2.33. The van der Waals surface area contributed by atoms with Crippen molar-refractivity contribution in [3.05, 3.63) is 48.9 Å². The number of pyridine rings is 3. The Bertz CT molecular complexity index is 1100. The third-order valence-corrected chi connectivity index (χ3v) is 4.72. The van der Waals surface area contributed by atoms with Crippen LogP contribution < -0.4 is 14.8 Å². The zero-order valence-corrected chi connectivity index (χ0v) is 16.5. The molecular formula is C20H19N5O2S. The summed E-state index contributed by atoms with van der Waals surface area (Å²) in [5, 5.41) is 4.02. The number of nitrogens with zero attached hydrogens (tertiary/aromatic N) is 4. The monoisotopic (exact) mass is 393 g/mol. The fourth-order valence-corrected chi connectivity index (χ4v) is 3.51. The third-order valence-electron chi connectivity index (χ3n) is 3.84. The van der Waals surface area contributed by atoms with E-state index in [2.05, 4.69) is 20.3 Å². The van der Waals surface area contributed by atoms with Gasteiger partial charge in [-0.2, -0.15) is 0 Å². The van der Waals surface area contributed by atoms with Gasteiger partial charge in [-0.25, -0.2) is 15.0 Å². The summed E-state index contributed by atoms with van der Waals surface area (Å²) in [6, 6.07) is 9.60. The lowest BCUT2D eigenvalue weighted by Gasteiger charge is -2.13.